The maximum atomic E-state index is 12.3. The Bertz CT molecular complexity index is 749. The maximum Gasteiger partial charge on any atom is 0.231 e. The topological polar surface area (TPSA) is 35.5 Å². The predicted octanol–water partition coefficient (Wildman–Crippen LogP) is 3.74. The van der Waals surface area contributed by atoms with Crippen molar-refractivity contribution in [3.8, 4) is 11.5 Å². The summed E-state index contributed by atoms with van der Waals surface area (Å²) in [5.74, 6) is 1.57. The number of carbonyl (C=O) groups is 1. The van der Waals surface area contributed by atoms with Crippen LogP contribution in [0.4, 0.5) is 0 Å². The van der Waals surface area contributed by atoms with E-state index >= 15 is 0 Å². The molecule has 0 saturated carbocycles. The number of hydrogen-bond donors (Lipinski definition) is 0. The molecule has 2 aromatic carbocycles. The van der Waals surface area contributed by atoms with Crippen LogP contribution in [0.5, 0.6) is 11.5 Å². The van der Waals surface area contributed by atoms with E-state index in [4.69, 9.17) is 9.47 Å². The molecule has 0 spiro atoms. The van der Waals surface area contributed by atoms with Gasteiger partial charge < -0.3 is 9.47 Å². The van der Waals surface area contributed by atoms with E-state index < -0.39 is 0 Å². The van der Waals surface area contributed by atoms with Crippen molar-refractivity contribution in [2.24, 2.45) is 0 Å². The van der Waals surface area contributed by atoms with Gasteiger partial charge in [0, 0.05) is 10.5 Å². The van der Waals surface area contributed by atoms with Gasteiger partial charge in [-0.2, -0.15) is 0 Å². The highest BCUT2D eigenvalue weighted by Crippen LogP contribution is 2.41. The lowest BCUT2D eigenvalue weighted by Crippen LogP contribution is -1.93. The lowest BCUT2D eigenvalue weighted by molar-refractivity contribution is 0.104. The van der Waals surface area contributed by atoms with Crippen molar-refractivity contribution in [3.05, 3.63) is 58.5 Å². The van der Waals surface area contributed by atoms with Gasteiger partial charge in [0.1, 0.15) is 0 Å². The van der Waals surface area contributed by atoms with Crippen molar-refractivity contribution >= 4 is 23.6 Å². The van der Waals surface area contributed by atoms with Gasteiger partial charge in [-0.15, -0.1) is 0 Å². The van der Waals surface area contributed by atoms with Crippen molar-refractivity contribution in [2.45, 2.75) is 4.90 Å². The average Bonchev–Trinajstić information content (AvgIpc) is 3.05. The molecule has 0 saturated heterocycles. The molecule has 0 N–H and O–H groups in total. The highest BCUT2D eigenvalue weighted by Gasteiger charge is 2.25. The third kappa shape index (κ3) is 1.80. The fourth-order valence-corrected chi connectivity index (χ4v) is 3.34. The second kappa shape index (κ2) is 4.42. The zero-order valence-electron chi connectivity index (χ0n) is 10.5. The summed E-state index contributed by atoms with van der Waals surface area (Å²) in [6, 6.07) is 13.4. The van der Waals surface area contributed by atoms with Crippen LogP contribution in [-0.4, -0.2) is 12.6 Å². The minimum atomic E-state index is 0.0864. The number of thioether (sulfide) groups is 1. The first kappa shape index (κ1) is 11.6. The molecule has 0 aliphatic carbocycles. The summed E-state index contributed by atoms with van der Waals surface area (Å²) in [4.78, 5) is 14.0. The number of fused-ring (bicyclic) bond motifs is 2. The number of ether oxygens (including phenoxy) is 2. The molecular weight excluding hydrogens is 272 g/mol. The SMILES string of the molecule is O=C1C(=Cc2ccc3c(c2)OCO3)Sc2ccccc21. The number of Topliss-reactive ketones (excluding diaryl/α,β-unsaturated/α-hetero) is 1. The van der Waals surface area contributed by atoms with E-state index in [-0.39, 0.29) is 12.6 Å². The first-order valence-electron chi connectivity index (χ1n) is 6.24. The highest BCUT2D eigenvalue weighted by atomic mass is 32.2. The Morgan fingerprint density at radius 3 is 2.80 bits per heavy atom. The molecule has 2 aromatic rings. The van der Waals surface area contributed by atoms with E-state index in [1.54, 1.807) is 0 Å². The second-order valence-corrected chi connectivity index (χ2v) is 5.63. The maximum absolute atomic E-state index is 12.3. The fourth-order valence-electron chi connectivity index (χ4n) is 2.29. The molecule has 0 unspecified atom stereocenters. The molecule has 2 aliphatic heterocycles. The monoisotopic (exact) mass is 282 g/mol. The number of ketones is 1. The van der Waals surface area contributed by atoms with Gasteiger partial charge in [0.15, 0.2) is 11.5 Å². The Kier molecular flexibility index (Phi) is 2.57. The third-order valence-electron chi connectivity index (χ3n) is 3.27. The van der Waals surface area contributed by atoms with Crippen LogP contribution in [0.2, 0.25) is 0 Å². The lowest BCUT2D eigenvalue weighted by atomic mass is 10.1. The van der Waals surface area contributed by atoms with Crippen LogP contribution in [0.1, 0.15) is 15.9 Å². The molecule has 0 atom stereocenters. The minimum Gasteiger partial charge on any atom is -0.454 e. The van der Waals surface area contributed by atoms with Crippen molar-refractivity contribution in [3.63, 3.8) is 0 Å². The van der Waals surface area contributed by atoms with E-state index in [1.807, 2.05) is 48.5 Å². The molecule has 0 aromatic heterocycles. The normalized spacial score (nSPS) is 17.6. The first-order valence-corrected chi connectivity index (χ1v) is 7.06. The van der Waals surface area contributed by atoms with Gasteiger partial charge in [-0.25, -0.2) is 0 Å². The van der Waals surface area contributed by atoms with Gasteiger partial charge in [0.05, 0.1) is 4.91 Å². The summed E-state index contributed by atoms with van der Waals surface area (Å²) >= 11 is 1.51. The van der Waals surface area contributed by atoms with E-state index in [1.165, 1.54) is 11.8 Å². The summed E-state index contributed by atoms with van der Waals surface area (Å²) in [7, 11) is 0. The third-order valence-corrected chi connectivity index (χ3v) is 4.37. The molecular formula is C16H10O3S. The van der Waals surface area contributed by atoms with Crippen molar-refractivity contribution < 1.29 is 14.3 Å². The quantitative estimate of drug-likeness (QED) is 0.746. The molecule has 2 aliphatic rings. The number of allylic oxidation sites excluding steroid dienone is 1. The first-order chi connectivity index (χ1) is 9.81. The Balaban J connectivity index is 1.71. The molecule has 0 amide bonds. The van der Waals surface area contributed by atoms with Crippen LogP contribution >= 0.6 is 11.8 Å². The highest BCUT2D eigenvalue weighted by molar-refractivity contribution is 8.04. The molecule has 2 heterocycles. The molecule has 20 heavy (non-hydrogen) atoms. The predicted molar refractivity (Wildman–Crippen MR) is 77.2 cm³/mol. The van der Waals surface area contributed by atoms with Crippen LogP contribution in [0.25, 0.3) is 6.08 Å². The van der Waals surface area contributed by atoms with Gasteiger partial charge in [-0.05, 0) is 35.9 Å². The Morgan fingerprint density at radius 2 is 1.90 bits per heavy atom. The molecule has 3 nitrogen and oxygen atoms in total. The largest absolute Gasteiger partial charge is 0.454 e. The summed E-state index contributed by atoms with van der Waals surface area (Å²) in [6.45, 7) is 0.258. The average molecular weight is 282 g/mol. The van der Waals surface area contributed by atoms with Crippen molar-refractivity contribution in [1.29, 1.82) is 0 Å². The van der Waals surface area contributed by atoms with Gasteiger partial charge in [-0.3, -0.25) is 4.79 Å². The zero-order chi connectivity index (χ0) is 13.5. The Hall–Kier alpha value is -2.20. The van der Waals surface area contributed by atoms with E-state index in [2.05, 4.69) is 0 Å². The van der Waals surface area contributed by atoms with Gasteiger partial charge >= 0.3 is 0 Å². The lowest BCUT2D eigenvalue weighted by Gasteiger charge is -1.99. The number of carbonyl (C=O) groups excluding carboxylic acids is 1. The van der Waals surface area contributed by atoms with Crippen LogP contribution in [-0.2, 0) is 0 Å². The Labute approximate surface area is 120 Å². The summed E-state index contributed by atoms with van der Waals surface area (Å²) in [6.07, 6.45) is 1.90. The standard InChI is InChI=1S/C16H10O3S/c17-16-11-3-1-2-4-14(11)20-15(16)8-10-5-6-12-13(7-10)19-9-18-12/h1-8H,9H2. The number of hydrogen-bond acceptors (Lipinski definition) is 4. The minimum absolute atomic E-state index is 0.0864. The summed E-state index contributed by atoms with van der Waals surface area (Å²) in [5.41, 5.74) is 1.72. The number of rotatable bonds is 1. The molecule has 0 radical (unpaired) electrons. The molecule has 0 fully saturated rings. The fraction of sp³-hybridized carbons (Fsp3) is 0.0625. The summed E-state index contributed by atoms with van der Waals surface area (Å²) < 4.78 is 10.6. The van der Waals surface area contributed by atoms with Crippen LogP contribution in [0.3, 0.4) is 0 Å². The van der Waals surface area contributed by atoms with E-state index in [9.17, 15) is 4.79 Å². The molecule has 4 heteroatoms. The molecule has 0 bridgehead atoms. The van der Waals surface area contributed by atoms with Crippen LogP contribution in [0, 0.1) is 0 Å². The van der Waals surface area contributed by atoms with Gasteiger partial charge in [-0.1, -0.05) is 30.0 Å². The van der Waals surface area contributed by atoms with Crippen molar-refractivity contribution in [2.75, 3.05) is 6.79 Å². The van der Waals surface area contributed by atoms with E-state index in [0.29, 0.717) is 0 Å². The molecule has 98 valence electrons. The van der Waals surface area contributed by atoms with Crippen LogP contribution in [0.15, 0.2) is 52.3 Å². The van der Waals surface area contributed by atoms with Gasteiger partial charge in [0.25, 0.3) is 0 Å². The summed E-state index contributed by atoms with van der Waals surface area (Å²) in [5, 5.41) is 0. The van der Waals surface area contributed by atoms with Crippen LogP contribution < -0.4 is 9.47 Å². The van der Waals surface area contributed by atoms with E-state index in [0.717, 1.165) is 32.4 Å². The number of benzene rings is 2. The van der Waals surface area contributed by atoms with Crippen molar-refractivity contribution in [1.82, 2.24) is 0 Å². The molecule has 4 rings (SSSR count). The Morgan fingerprint density at radius 1 is 1.05 bits per heavy atom. The zero-order valence-corrected chi connectivity index (χ0v) is 11.3. The van der Waals surface area contributed by atoms with Gasteiger partial charge in [0.2, 0.25) is 12.6 Å². The smallest absolute Gasteiger partial charge is 0.231 e. The second-order valence-electron chi connectivity index (χ2n) is 4.55.